The lowest BCUT2D eigenvalue weighted by Crippen LogP contribution is -2.42. The fourth-order valence-electron chi connectivity index (χ4n) is 1.81. The molecule has 0 atom stereocenters. The van der Waals surface area contributed by atoms with Gasteiger partial charge in [0.15, 0.2) is 0 Å². The molecule has 1 N–H and O–H groups in total. The van der Waals surface area contributed by atoms with Gasteiger partial charge in [-0.3, -0.25) is 4.68 Å². The molecule has 0 saturated carbocycles. The highest BCUT2D eigenvalue weighted by Gasteiger charge is 2.15. The van der Waals surface area contributed by atoms with Crippen LogP contribution in [-0.2, 0) is 13.0 Å². The van der Waals surface area contributed by atoms with Crippen LogP contribution in [0.25, 0.3) is 0 Å². The molecule has 1 aliphatic heterocycles. The number of hydrogen-bond acceptors (Lipinski definition) is 2. The summed E-state index contributed by atoms with van der Waals surface area (Å²) in [5.41, 5.74) is 1.37. The first-order chi connectivity index (χ1) is 6.88. The second-order valence-electron chi connectivity index (χ2n) is 4.17. The molecular weight excluding hydrogens is 174 g/mol. The van der Waals surface area contributed by atoms with Gasteiger partial charge in [0.05, 0.1) is 6.20 Å². The molecule has 0 aliphatic carbocycles. The van der Waals surface area contributed by atoms with E-state index in [1.54, 1.807) is 0 Å². The molecule has 1 fully saturated rings. The first-order valence-corrected chi connectivity index (χ1v) is 5.60. The van der Waals surface area contributed by atoms with E-state index in [-0.39, 0.29) is 0 Å². The summed E-state index contributed by atoms with van der Waals surface area (Å²) in [4.78, 5) is 0. The first kappa shape index (κ1) is 9.71. The van der Waals surface area contributed by atoms with Crippen LogP contribution >= 0.6 is 0 Å². The third-order valence-electron chi connectivity index (χ3n) is 2.86. The standard InChI is InChI=1S/C11H19N3/c1-2-3-11-8-13-14(9-11)5-4-10-6-12-7-10/h8-10,12H,2-7H2,1H3. The van der Waals surface area contributed by atoms with Crippen LogP contribution in [0, 0.1) is 5.92 Å². The smallest absolute Gasteiger partial charge is 0.0521 e. The molecule has 78 valence electrons. The molecule has 2 heterocycles. The van der Waals surface area contributed by atoms with Gasteiger partial charge in [-0.15, -0.1) is 0 Å². The van der Waals surface area contributed by atoms with E-state index < -0.39 is 0 Å². The Balaban J connectivity index is 1.77. The van der Waals surface area contributed by atoms with E-state index in [2.05, 4.69) is 28.2 Å². The Labute approximate surface area is 85.5 Å². The Morgan fingerprint density at radius 1 is 1.57 bits per heavy atom. The van der Waals surface area contributed by atoms with Gasteiger partial charge in [-0.25, -0.2) is 0 Å². The molecule has 0 radical (unpaired) electrons. The van der Waals surface area contributed by atoms with Gasteiger partial charge in [0.1, 0.15) is 0 Å². The molecule has 0 amide bonds. The Morgan fingerprint density at radius 2 is 2.43 bits per heavy atom. The molecule has 3 nitrogen and oxygen atoms in total. The quantitative estimate of drug-likeness (QED) is 0.767. The molecule has 1 aromatic heterocycles. The van der Waals surface area contributed by atoms with E-state index in [1.165, 1.54) is 31.5 Å². The van der Waals surface area contributed by atoms with Crippen LogP contribution in [-0.4, -0.2) is 22.9 Å². The molecule has 0 aromatic carbocycles. The van der Waals surface area contributed by atoms with Crippen LogP contribution in [0.1, 0.15) is 25.3 Å². The van der Waals surface area contributed by atoms with Gasteiger partial charge in [0, 0.05) is 12.7 Å². The topological polar surface area (TPSA) is 29.9 Å². The number of nitrogens with zero attached hydrogens (tertiary/aromatic N) is 2. The summed E-state index contributed by atoms with van der Waals surface area (Å²) in [6.45, 7) is 5.68. The van der Waals surface area contributed by atoms with Crippen molar-refractivity contribution in [1.82, 2.24) is 15.1 Å². The van der Waals surface area contributed by atoms with Crippen molar-refractivity contribution in [2.75, 3.05) is 13.1 Å². The normalized spacial score (nSPS) is 16.9. The lowest BCUT2D eigenvalue weighted by molar-refractivity contribution is 0.307. The van der Waals surface area contributed by atoms with Gasteiger partial charge in [-0.2, -0.15) is 5.10 Å². The summed E-state index contributed by atoms with van der Waals surface area (Å²) in [5, 5.41) is 7.65. The maximum Gasteiger partial charge on any atom is 0.0521 e. The van der Waals surface area contributed by atoms with E-state index in [0.717, 1.165) is 18.9 Å². The fraction of sp³-hybridized carbons (Fsp3) is 0.727. The molecule has 2 rings (SSSR count). The van der Waals surface area contributed by atoms with E-state index in [0.29, 0.717) is 0 Å². The summed E-state index contributed by atoms with van der Waals surface area (Å²) in [5.74, 6) is 0.883. The van der Waals surface area contributed by atoms with Crippen molar-refractivity contribution in [2.45, 2.75) is 32.7 Å². The average molecular weight is 193 g/mol. The summed E-state index contributed by atoms with van der Waals surface area (Å²) < 4.78 is 2.09. The van der Waals surface area contributed by atoms with Crippen LogP contribution in [0.5, 0.6) is 0 Å². The second-order valence-corrected chi connectivity index (χ2v) is 4.17. The summed E-state index contributed by atoms with van der Waals surface area (Å²) >= 11 is 0. The van der Waals surface area contributed by atoms with Crippen LogP contribution < -0.4 is 5.32 Å². The predicted molar refractivity (Wildman–Crippen MR) is 57.2 cm³/mol. The Hall–Kier alpha value is -0.830. The Bertz CT molecular complexity index is 276. The van der Waals surface area contributed by atoms with E-state index in [1.807, 2.05) is 6.20 Å². The summed E-state index contributed by atoms with van der Waals surface area (Å²) in [6.07, 6.45) is 7.82. The predicted octanol–water partition coefficient (Wildman–Crippen LogP) is 1.45. The number of aryl methyl sites for hydroxylation is 2. The van der Waals surface area contributed by atoms with E-state index >= 15 is 0 Å². The van der Waals surface area contributed by atoms with Crippen molar-refractivity contribution in [2.24, 2.45) is 5.92 Å². The minimum Gasteiger partial charge on any atom is -0.316 e. The van der Waals surface area contributed by atoms with Crippen molar-refractivity contribution in [1.29, 1.82) is 0 Å². The van der Waals surface area contributed by atoms with Gasteiger partial charge < -0.3 is 5.32 Å². The third-order valence-corrected chi connectivity index (χ3v) is 2.86. The van der Waals surface area contributed by atoms with Crippen LogP contribution in [0.2, 0.25) is 0 Å². The highest BCUT2D eigenvalue weighted by molar-refractivity contribution is 5.03. The lowest BCUT2D eigenvalue weighted by atomic mass is 10.00. The zero-order valence-electron chi connectivity index (χ0n) is 8.87. The highest BCUT2D eigenvalue weighted by atomic mass is 15.3. The molecule has 14 heavy (non-hydrogen) atoms. The largest absolute Gasteiger partial charge is 0.316 e. The average Bonchev–Trinajstić information content (AvgIpc) is 2.51. The van der Waals surface area contributed by atoms with Crippen molar-refractivity contribution < 1.29 is 0 Å². The number of hydrogen-bond donors (Lipinski definition) is 1. The summed E-state index contributed by atoms with van der Waals surface area (Å²) in [6, 6.07) is 0. The molecule has 0 bridgehead atoms. The zero-order chi connectivity index (χ0) is 9.80. The molecule has 3 heteroatoms. The molecule has 0 unspecified atom stereocenters. The van der Waals surface area contributed by atoms with Crippen molar-refractivity contribution >= 4 is 0 Å². The minimum absolute atomic E-state index is 0.883. The maximum absolute atomic E-state index is 4.36. The van der Waals surface area contributed by atoms with E-state index in [9.17, 15) is 0 Å². The zero-order valence-corrected chi connectivity index (χ0v) is 8.87. The highest BCUT2D eigenvalue weighted by Crippen LogP contribution is 2.10. The van der Waals surface area contributed by atoms with Crippen molar-refractivity contribution in [3.8, 4) is 0 Å². The third kappa shape index (κ3) is 2.35. The minimum atomic E-state index is 0.883. The molecule has 0 spiro atoms. The maximum atomic E-state index is 4.36. The number of aromatic nitrogens is 2. The molecular formula is C11H19N3. The second kappa shape index (κ2) is 4.60. The SMILES string of the molecule is CCCc1cnn(CCC2CNC2)c1. The van der Waals surface area contributed by atoms with Gasteiger partial charge >= 0.3 is 0 Å². The van der Waals surface area contributed by atoms with Crippen LogP contribution in [0.15, 0.2) is 12.4 Å². The van der Waals surface area contributed by atoms with Crippen molar-refractivity contribution in [3.63, 3.8) is 0 Å². The lowest BCUT2D eigenvalue weighted by Gasteiger charge is -2.26. The Kier molecular flexibility index (Phi) is 3.19. The summed E-state index contributed by atoms with van der Waals surface area (Å²) in [7, 11) is 0. The van der Waals surface area contributed by atoms with Gasteiger partial charge in [0.2, 0.25) is 0 Å². The molecule has 1 saturated heterocycles. The van der Waals surface area contributed by atoms with Gasteiger partial charge in [0.25, 0.3) is 0 Å². The molecule has 1 aliphatic rings. The van der Waals surface area contributed by atoms with Crippen LogP contribution in [0.3, 0.4) is 0 Å². The van der Waals surface area contributed by atoms with Gasteiger partial charge in [-0.05, 0) is 37.4 Å². The molecule has 1 aromatic rings. The Morgan fingerprint density at radius 3 is 3.07 bits per heavy atom. The van der Waals surface area contributed by atoms with E-state index in [4.69, 9.17) is 0 Å². The first-order valence-electron chi connectivity index (χ1n) is 5.60. The fourth-order valence-corrected chi connectivity index (χ4v) is 1.81. The number of nitrogens with one attached hydrogen (secondary N) is 1. The monoisotopic (exact) mass is 193 g/mol. The van der Waals surface area contributed by atoms with Crippen molar-refractivity contribution in [3.05, 3.63) is 18.0 Å². The van der Waals surface area contributed by atoms with Crippen LogP contribution in [0.4, 0.5) is 0 Å². The van der Waals surface area contributed by atoms with Gasteiger partial charge in [-0.1, -0.05) is 13.3 Å². The number of rotatable bonds is 5.